The lowest BCUT2D eigenvalue weighted by molar-refractivity contribution is 0.111. The average Bonchev–Trinajstić information content (AvgIpc) is 2.22. The van der Waals surface area contributed by atoms with Gasteiger partial charge in [-0.1, -0.05) is 13.8 Å². The van der Waals surface area contributed by atoms with Gasteiger partial charge in [0.2, 0.25) is 5.88 Å². The zero-order chi connectivity index (χ0) is 11.0. The van der Waals surface area contributed by atoms with E-state index in [-0.39, 0.29) is 0 Å². The molecule has 1 aromatic heterocycles. The standard InChI is InChI=1S/C9H11NO2.C2H6/c1-3-12-9-8(6-11)7(2)4-5-10-9;1-2/h4-6H,3H2,1-2H3;1-2H3. The Labute approximate surface area is 85.1 Å². The van der Waals surface area contributed by atoms with E-state index in [2.05, 4.69) is 4.98 Å². The number of carbonyl (C=O) groups excluding carboxylic acids is 1. The molecule has 0 aliphatic rings. The highest BCUT2D eigenvalue weighted by Gasteiger charge is 2.05. The summed E-state index contributed by atoms with van der Waals surface area (Å²) in [7, 11) is 0. The number of aldehydes is 1. The summed E-state index contributed by atoms with van der Waals surface area (Å²) >= 11 is 0. The SMILES string of the molecule is CC.CCOc1nccc(C)c1C=O. The first kappa shape index (κ1) is 12.6. The molecule has 78 valence electrons. The molecule has 0 N–H and O–H groups in total. The lowest BCUT2D eigenvalue weighted by Crippen LogP contribution is -2.00. The number of pyridine rings is 1. The number of ether oxygens (including phenoxy) is 1. The van der Waals surface area contributed by atoms with Crippen LogP contribution in [0.4, 0.5) is 0 Å². The molecule has 0 spiro atoms. The summed E-state index contributed by atoms with van der Waals surface area (Å²) in [5.41, 5.74) is 1.43. The van der Waals surface area contributed by atoms with Crippen LogP contribution in [0.1, 0.15) is 36.7 Å². The molecule has 14 heavy (non-hydrogen) atoms. The fourth-order valence-electron chi connectivity index (χ4n) is 0.940. The Kier molecular flexibility index (Phi) is 6.37. The van der Waals surface area contributed by atoms with Gasteiger partial charge in [0.1, 0.15) is 0 Å². The van der Waals surface area contributed by atoms with E-state index in [1.807, 2.05) is 27.7 Å². The van der Waals surface area contributed by atoms with Crippen molar-refractivity contribution in [2.24, 2.45) is 0 Å². The smallest absolute Gasteiger partial charge is 0.224 e. The van der Waals surface area contributed by atoms with E-state index in [1.54, 1.807) is 12.3 Å². The van der Waals surface area contributed by atoms with E-state index in [0.29, 0.717) is 18.1 Å². The number of hydrogen-bond acceptors (Lipinski definition) is 3. The molecule has 0 saturated heterocycles. The topological polar surface area (TPSA) is 39.2 Å². The van der Waals surface area contributed by atoms with Gasteiger partial charge in [0.25, 0.3) is 0 Å². The minimum atomic E-state index is 0.424. The van der Waals surface area contributed by atoms with Crippen LogP contribution < -0.4 is 4.74 Å². The van der Waals surface area contributed by atoms with Gasteiger partial charge in [0.05, 0.1) is 12.2 Å². The van der Waals surface area contributed by atoms with E-state index in [4.69, 9.17) is 4.74 Å². The van der Waals surface area contributed by atoms with Crippen LogP contribution >= 0.6 is 0 Å². The molecule has 1 rings (SSSR count). The molecule has 1 heterocycles. The summed E-state index contributed by atoms with van der Waals surface area (Å²) in [6.07, 6.45) is 2.40. The Hall–Kier alpha value is -1.38. The summed E-state index contributed by atoms with van der Waals surface area (Å²) in [5, 5.41) is 0. The van der Waals surface area contributed by atoms with Crippen LogP contribution in [0.15, 0.2) is 12.3 Å². The molecule has 0 radical (unpaired) electrons. The molecule has 0 unspecified atom stereocenters. The zero-order valence-electron chi connectivity index (χ0n) is 9.20. The van der Waals surface area contributed by atoms with Gasteiger partial charge in [-0.3, -0.25) is 4.79 Å². The number of hydrogen-bond donors (Lipinski definition) is 0. The number of rotatable bonds is 3. The van der Waals surface area contributed by atoms with E-state index in [9.17, 15) is 4.79 Å². The van der Waals surface area contributed by atoms with Crippen molar-refractivity contribution in [3.8, 4) is 5.88 Å². The summed E-state index contributed by atoms with van der Waals surface area (Å²) in [6, 6.07) is 1.78. The maximum Gasteiger partial charge on any atom is 0.224 e. The van der Waals surface area contributed by atoms with E-state index in [0.717, 1.165) is 11.8 Å². The highest BCUT2D eigenvalue weighted by Crippen LogP contribution is 2.15. The predicted octanol–water partition coefficient (Wildman–Crippen LogP) is 2.63. The largest absolute Gasteiger partial charge is 0.477 e. The molecule has 0 saturated carbocycles. The van der Waals surface area contributed by atoms with Crippen LogP contribution in [0.3, 0.4) is 0 Å². The molecular formula is C11H17NO2. The third kappa shape index (κ3) is 3.17. The first-order valence-electron chi connectivity index (χ1n) is 4.83. The number of aryl methyl sites for hydroxylation is 1. The lowest BCUT2D eigenvalue weighted by atomic mass is 10.2. The van der Waals surface area contributed by atoms with Crippen molar-refractivity contribution >= 4 is 6.29 Å². The molecule has 0 bridgehead atoms. The van der Waals surface area contributed by atoms with Gasteiger partial charge in [0.15, 0.2) is 6.29 Å². The van der Waals surface area contributed by atoms with Crippen LogP contribution in [0.25, 0.3) is 0 Å². The fraction of sp³-hybridized carbons (Fsp3) is 0.455. The fourth-order valence-corrected chi connectivity index (χ4v) is 0.940. The molecule has 1 aromatic rings. The molecule has 0 amide bonds. The first-order chi connectivity index (χ1) is 6.79. The Morgan fingerprint density at radius 1 is 1.50 bits per heavy atom. The maximum absolute atomic E-state index is 10.6. The normalized spacial score (nSPS) is 8.57. The van der Waals surface area contributed by atoms with Gasteiger partial charge in [-0.05, 0) is 25.5 Å². The Balaban J connectivity index is 0.000000791. The minimum Gasteiger partial charge on any atom is -0.477 e. The second-order valence-corrected chi connectivity index (χ2v) is 2.40. The summed E-state index contributed by atoms with van der Waals surface area (Å²) in [5.74, 6) is 0.424. The second-order valence-electron chi connectivity index (χ2n) is 2.40. The van der Waals surface area contributed by atoms with E-state index in [1.165, 1.54) is 0 Å². The van der Waals surface area contributed by atoms with Crippen molar-refractivity contribution < 1.29 is 9.53 Å². The van der Waals surface area contributed by atoms with Gasteiger partial charge in [-0.15, -0.1) is 0 Å². The molecule has 0 atom stereocenters. The third-order valence-electron chi connectivity index (χ3n) is 1.57. The molecule has 0 aromatic carbocycles. The Morgan fingerprint density at radius 2 is 2.14 bits per heavy atom. The van der Waals surface area contributed by atoms with Crippen LogP contribution in [-0.2, 0) is 0 Å². The van der Waals surface area contributed by atoms with E-state index < -0.39 is 0 Å². The van der Waals surface area contributed by atoms with Crippen molar-refractivity contribution in [1.29, 1.82) is 0 Å². The van der Waals surface area contributed by atoms with Crippen molar-refractivity contribution in [2.75, 3.05) is 6.61 Å². The van der Waals surface area contributed by atoms with Crippen LogP contribution in [-0.4, -0.2) is 17.9 Å². The molecule has 3 nitrogen and oxygen atoms in total. The monoisotopic (exact) mass is 195 g/mol. The van der Waals surface area contributed by atoms with Crippen molar-refractivity contribution in [2.45, 2.75) is 27.7 Å². The molecule has 0 fully saturated rings. The van der Waals surface area contributed by atoms with Crippen LogP contribution in [0.5, 0.6) is 5.88 Å². The molecule has 3 heteroatoms. The summed E-state index contributed by atoms with van der Waals surface area (Å²) < 4.78 is 5.17. The van der Waals surface area contributed by atoms with Crippen LogP contribution in [0, 0.1) is 6.92 Å². The molecular weight excluding hydrogens is 178 g/mol. The number of carbonyl (C=O) groups is 1. The Morgan fingerprint density at radius 3 is 2.64 bits per heavy atom. The van der Waals surface area contributed by atoms with Gasteiger partial charge >= 0.3 is 0 Å². The molecule has 0 aliphatic heterocycles. The zero-order valence-corrected chi connectivity index (χ0v) is 9.20. The quantitative estimate of drug-likeness (QED) is 0.696. The van der Waals surface area contributed by atoms with Crippen molar-refractivity contribution in [1.82, 2.24) is 4.98 Å². The van der Waals surface area contributed by atoms with Crippen molar-refractivity contribution in [3.63, 3.8) is 0 Å². The highest BCUT2D eigenvalue weighted by molar-refractivity contribution is 5.80. The lowest BCUT2D eigenvalue weighted by Gasteiger charge is -2.05. The van der Waals surface area contributed by atoms with Crippen LogP contribution in [0.2, 0.25) is 0 Å². The van der Waals surface area contributed by atoms with Gasteiger partial charge in [-0.2, -0.15) is 0 Å². The van der Waals surface area contributed by atoms with Gasteiger partial charge in [-0.25, -0.2) is 4.98 Å². The third-order valence-corrected chi connectivity index (χ3v) is 1.57. The Bertz CT molecular complexity index is 285. The second kappa shape index (κ2) is 7.06. The first-order valence-corrected chi connectivity index (χ1v) is 4.83. The minimum absolute atomic E-state index is 0.424. The van der Waals surface area contributed by atoms with Gasteiger partial charge < -0.3 is 4.74 Å². The highest BCUT2D eigenvalue weighted by atomic mass is 16.5. The summed E-state index contributed by atoms with van der Waals surface area (Å²) in [4.78, 5) is 14.5. The summed E-state index contributed by atoms with van der Waals surface area (Å²) in [6.45, 7) is 8.24. The maximum atomic E-state index is 10.6. The average molecular weight is 195 g/mol. The predicted molar refractivity (Wildman–Crippen MR) is 56.9 cm³/mol. The number of aromatic nitrogens is 1. The number of nitrogens with zero attached hydrogens (tertiary/aromatic N) is 1. The molecule has 0 aliphatic carbocycles. The van der Waals surface area contributed by atoms with Crippen molar-refractivity contribution in [3.05, 3.63) is 23.4 Å². The van der Waals surface area contributed by atoms with E-state index >= 15 is 0 Å². The van der Waals surface area contributed by atoms with Gasteiger partial charge in [0, 0.05) is 6.20 Å².